The number of furan rings is 1. The summed E-state index contributed by atoms with van der Waals surface area (Å²) in [6.07, 6.45) is 1.70. The third-order valence-corrected chi connectivity index (χ3v) is 5.02. The minimum absolute atomic E-state index is 0.0219. The number of Topliss-reactive ketones (excluding diaryl/α,β-unsaturated/α-hetero) is 1. The van der Waals surface area contributed by atoms with E-state index >= 15 is 0 Å². The summed E-state index contributed by atoms with van der Waals surface area (Å²) in [5.74, 6) is 1.06. The van der Waals surface area contributed by atoms with E-state index in [0.29, 0.717) is 27.2 Å². The molecule has 1 saturated heterocycles. The summed E-state index contributed by atoms with van der Waals surface area (Å²) in [7, 11) is 0. The number of aliphatic imine (C=N–C) groups is 1. The first-order valence-electron chi connectivity index (χ1n) is 8.64. The lowest BCUT2D eigenvalue weighted by Gasteiger charge is -1.99. The van der Waals surface area contributed by atoms with Crippen LogP contribution in [0.5, 0.6) is 0 Å². The van der Waals surface area contributed by atoms with Crippen LogP contribution < -0.4 is 5.32 Å². The fourth-order valence-corrected chi connectivity index (χ4v) is 3.51. The standard InChI is InChI=1S/C22H16N2O3S/c1-14(25)15-7-9-16(10-8-15)19-12-11-18(27-19)13-20-21(26)24-22(28-20)23-17-5-3-2-4-6-17/h2-13H,1H3,(H,23,24,26). The van der Waals surface area contributed by atoms with Crippen LogP contribution in [0.1, 0.15) is 23.0 Å². The largest absolute Gasteiger partial charge is 0.457 e. The van der Waals surface area contributed by atoms with Gasteiger partial charge in [-0.05, 0) is 43.0 Å². The number of amidine groups is 1. The first kappa shape index (κ1) is 18.0. The molecule has 4 rings (SSSR count). The maximum atomic E-state index is 12.2. The van der Waals surface area contributed by atoms with Crippen molar-refractivity contribution < 1.29 is 14.0 Å². The van der Waals surface area contributed by atoms with Crippen LogP contribution in [0.15, 0.2) is 81.0 Å². The lowest BCUT2D eigenvalue weighted by atomic mass is 10.1. The Bertz CT molecular complexity index is 1100. The Labute approximate surface area is 166 Å². The molecule has 138 valence electrons. The Morgan fingerprint density at radius 1 is 1.04 bits per heavy atom. The van der Waals surface area contributed by atoms with Crippen LogP contribution in [0.3, 0.4) is 0 Å². The molecule has 6 heteroatoms. The third kappa shape index (κ3) is 3.97. The first-order valence-corrected chi connectivity index (χ1v) is 9.46. The maximum Gasteiger partial charge on any atom is 0.264 e. The van der Waals surface area contributed by atoms with Crippen molar-refractivity contribution in [1.82, 2.24) is 5.32 Å². The van der Waals surface area contributed by atoms with Gasteiger partial charge in [0.05, 0.1) is 10.6 Å². The minimum Gasteiger partial charge on any atom is -0.457 e. The van der Waals surface area contributed by atoms with Gasteiger partial charge in [-0.1, -0.05) is 42.5 Å². The molecule has 28 heavy (non-hydrogen) atoms. The second-order valence-electron chi connectivity index (χ2n) is 6.15. The molecule has 0 saturated carbocycles. The number of para-hydroxylation sites is 1. The zero-order valence-corrected chi connectivity index (χ0v) is 15.8. The fraction of sp³-hybridized carbons (Fsp3) is 0.0455. The lowest BCUT2D eigenvalue weighted by molar-refractivity contribution is -0.115. The van der Waals surface area contributed by atoms with Crippen LogP contribution in [0.25, 0.3) is 17.4 Å². The Morgan fingerprint density at radius 2 is 1.79 bits per heavy atom. The smallest absolute Gasteiger partial charge is 0.264 e. The molecule has 1 aliphatic rings. The van der Waals surface area contributed by atoms with E-state index in [0.717, 1.165) is 11.3 Å². The molecule has 0 radical (unpaired) electrons. The van der Waals surface area contributed by atoms with E-state index < -0.39 is 0 Å². The number of benzene rings is 2. The first-order chi connectivity index (χ1) is 13.6. The summed E-state index contributed by atoms with van der Waals surface area (Å²) in [5, 5.41) is 3.30. The van der Waals surface area contributed by atoms with Gasteiger partial charge in [0.2, 0.25) is 0 Å². The van der Waals surface area contributed by atoms with Crippen LogP contribution in [-0.4, -0.2) is 16.9 Å². The van der Waals surface area contributed by atoms with E-state index in [1.165, 1.54) is 18.7 Å². The predicted octanol–water partition coefficient (Wildman–Crippen LogP) is 5.04. The molecule has 1 aliphatic heterocycles. The van der Waals surface area contributed by atoms with Gasteiger partial charge in [-0.2, -0.15) is 0 Å². The minimum atomic E-state index is -0.205. The highest BCUT2D eigenvalue weighted by molar-refractivity contribution is 8.18. The zero-order valence-electron chi connectivity index (χ0n) is 15.0. The van der Waals surface area contributed by atoms with Crippen LogP contribution in [0, 0.1) is 0 Å². The van der Waals surface area contributed by atoms with Crippen LogP contribution in [-0.2, 0) is 4.79 Å². The Hall–Kier alpha value is -3.38. The number of amides is 1. The molecule has 0 unspecified atom stereocenters. The molecule has 1 fully saturated rings. The SMILES string of the molecule is CC(=O)c1ccc(-c2ccc(C=C3SC(=Nc4ccccc4)NC3=O)o2)cc1. The van der Waals surface area contributed by atoms with Gasteiger partial charge in [0, 0.05) is 17.2 Å². The topological polar surface area (TPSA) is 71.7 Å². The van der Waals surface area contributed by atoms with E-state index in [2.05, 4.69) is 10.3 Å². The number of hydrogen-bond donors (Lipinski definition) is 1. The van der Waals surface area contributed by atoms with Gasteiger partial charge in [-0.3, -0.25) is 9.59 Å². The summed E-state index contributed by atoms with van der Waals surface area (Å²) in [5.41, 5.74) is 2.30. The number of nitrogens with one attached hydrogen (secondary N) is 1. The van der Waals surface area contributed by atoms with Crippen molar-refractivity contribution in [3.05, 3.63) is 83.0 Å². The molecule has 0 bridgehead atoms. The number of rotatable bonds is 4. The molecule has 1 aromatic heterocycles. The molecule has 3 aromatic rings. The van der Waals surface area contributed by atoms with Crippen molar-refractivity contribution in [3.63, 3.8) is 0 Å². The van der Waals surface area contributed by atoms with E-state index in [9.17, 15) is 9.59 Å². The number of nitrogens with zero attached hydrogens (tertiary/aromatic N) is 1. The average molecular weight is 388 g/mol. The quantitative estimate of drug-likeness (QED) is 0.502. The number of carbonyl (C=O) groups is 2. The highest BCUT2D eigenvalue weighted by Gasteiger charge is 2.24. The molecule has 0 spiro atoms. The summed E-state index contributed by atoms with van der Waals surface area (Å²) in [6.45, 7) is 1.53. The van der Waals surface area contributed by atoms with Crippen LogP contribution in [0.2, 0.25) is 0 Å². The van der Waals surface area contributed by atoms with Crippen molar-refractivity contribution in [3.8, 4) is 11.3 Å². The van der Waals surface area contributed by atoms with Gasteiger partial charge in [0.1, 0.15) is 11.5 Å². The molecule has 2 aromatic carbocycles. The van der Waals surface area contributed by atoms with E-state index in [-0.39, 0.29) is 11.7 Å². The highest BCUT2D eigenvalue weighted by Crippen LogP contribution is 2.30. The molecule has 5 nitrogen and oxygen atoms in total. The Morgan fingerprint density at radius 3 is 2.50 bits per heavy atom. The summed E-state index contributed by atoms with van der Waals surface area (Å²) in [6, 6.07) is 20.3. The van der Waals surface area contributed by atoms with Crippen molar-refractivity contribution in [1.29, 1.82) is 0 Å². The molecule has 1 amide bonds. The molecule has 1 N–H and O–H groups in total. The van der Waals surface area contributed by atoms with Crippen LogP contribution >= 0.6 is 11.8 Å². The van der Waals surface area contributed by atoms with Gasteiger partial charge >= 0.3 is 0 Å². The molecule has 0 atom stereocenters. The third-order valence-electron chi connectivity index (χ3n) is 4.11. The van der Waals surface area contributed by atoms with Crippen LogP contribution in [0.4, 0.5) is 5.69 Å². The monoisotopic (exact) mass is 388 g/mol. The van der Waals surface area contributed by atoms with Gasteiger partial charge in [-0.15, -0.1) is 0 Å². The molecule has 2 heterocycles. The maximum absolute atomic E-state index is 12.2. The van der Waals surface area contributed by atoms with Gasteiger partial charge in [0.25, 0.3) is 5.91 Å². The second kappa shape index (κ2) is 7.70. The van der Waals surface area contributed by atoms with Gasteiger partial charge in [0.15, 0.2) is 11.0 Å². The van der Waals surface area contributed by atoms with Gasteiger partial charge in [-0.25, -0.2) is 4.99 Å². The summed E-state index contributed by atoms with van der Waals surface area (Å²) >= 11 is 1.27. The number of carbonyl (C=O) groups excluding carboxylic acids is 2. The van der Waals surface area contributed by atoms with E-state index in [1.807, 2.05) is 48.5 Å². The van der Waals surface area contributed by atoms with E-state index in [4.69, 9.17) is 4.42 Å². The number of ketones is 1. The zero-order chi connectivity index (χ0) is 19.5. The number of hydrogen-bond acceptors (Lipinski definition) is 5. The fourth-order valence-electron chi connectivity index (χ4n) is 2.68. The van der Waals surface area contributed by atoms with Crippen molar-refractivity contribution >= 4 is 40.4 Å². The molecule has 0 aliphatic carbocycles. The Kier molecular flexibility index (Phi) is 4.95. The Balaban J connectivity index is 1.53. The van der Waals surface area contributed by atoms with Crippen molar-refractivity contribution in [2.24, 2.45) is 4.99 Å². The average Bonchev–Trinajstić information content (AvgIpc) is 3.30. The lowest BCUT2D eigenvalue weighted by Crippen LogP contribution is -2.19. The van der Waals surface area contributed by atoms with Gasteiger partial charge < -0.3 is 9.73 Å². The van der Waals surface area contributed by atoms with Crippen molar-refractivity contribution in [2.45, 2.75) is 6.92 Å². The second-order valence-corrected chi connectivity index (χ2v) is 7.18. The predicted molar refractivity (Wildman–Crippen MR) is 111 cm³/mol. The normalized spacial score (nSPS) is 16.5. The number of thioether (sulfide) groups is 1. The molecular formula is C22H16N2O3S. The highest BCUT2D eigenvalue weighted by atomic mass is 32.2. The van der Waals surface area contributed by atoms with E-state index in [1.54, 1.807) is 24.3 Å². The summed E-state index contributed by atoms with van der Waals surface area (Å²) in [4.78, 5) is 28.5. The molecular weight excluding hydrogens is 372 g/mol. The summed E-state index contributed by atoms with van der Waals surface area (Å²) < 4.78 is 5.84. The van der Waals surface area contributed by atoms with Crippen molar-refractivity contribution in [2.75, 3.05) is 0 Å².